The van der Waals surface area contributed by atoms with Crippen LogP contribution < -0.4 is 10.4 Å². The van der Waals surface area contributed by atoms with Gasteiger partial charge in [-0.25, -0.2) is 0 Å². The molecule has 4 atom stereocenters. The van der Waals surface area contributed by atoms with E-state index in [-0.39, 0.29) is 30.9 Å². The Hall–Kier alpha value is -1.36. The molecule has 0 aromatic rings. The van der Waals surface area contributed by atoms with E-state index in [9.17, 15) is 14.7 Å². The molecule has 2 rings (SSSR count). The summed E-state index contributed by atoms with van der Waals surface area (Å²) in [6, 6.07) is 0. The number of fused-ring (bicyclic) bond motifs is 2. The van der Waals surface area contributed by atoms with E-state index in [1.807, 2.05) is 12.2 Å². The third kappa shape index (κ3) is 1.71. The first-order valence-corrected chi connectivity index (χ1v) is 5.43. The Kier molecular flexibility index (Phi) is 2.96. The van der Waals surface area contributed by atoms with Crippen LogP contribution in [-0.2, 0) is 9.59 Å². The molecule has 88 valence electrons. The minimum absolute atomic E-state index is 0.00610. The molecule has 5 nitrogen and oxygen atoms in total. The fraction of sp³-hybridized carbons (Fsp3) is 0.636. The van der Waals surface area contributed by atoms with Crippen LogP contribution in [0.1, 0.15) is 6.42 Å². The molecule has 2 N–H and O–H groups in total. The van der Waals surface area contributed by atoms with Crippen LogP contribution >= 0.6 is 0 Å². The third-order valence-corrected chi connectivity index (χ3v) is 3.45. The van der Waals surface area contributed by atoms with Crippen molar-refractivity contribution < 1.29 is 19.8 Å². The number of hydrogen-bond acceptors (Lipinski definition) is 4. The van der Waals surface area contributed by atoms with Gasteiger partial charge in [0.1, 0.15) is 0 Å². The lowest BCUT2D eigenvalue weighted by atomic mass is 9.82. The molecule has 1 saturated carbocycles. The van der Waals surface area contributed by atoms with Crippen molar-refractivity contribution in [3.8, 4) is 0 Å². The number of allylic oxidation sites excluding steroid dienone is 2. The largest absolute Gasteiger partial charge is 0.550 e. The van der Waals surface area contributed by atoms with E-state index in [1.165, 1.54) is 0 Å². The third-order valence-electron chi connectivity index (χ3n) is 3.45. The molecule has 0 radical (unpaired) electrons. The van der Waals surface area contributed by atoms with Crippen molar-refractivity contribution in [1.29, 1.82) is 0 Å². The first kappa shape index (κ1) is 11.1. The smallest absolute Gasteiger partial charge is 0.224 e. The molecule has 0 heterocycles. The van der Waals surface area contributed by atoms with Gasteiger partial charge in [-0.05, 0) is 18.3 Å². The summed E-state index contributed by atoms with van der Waals surface area (Å²) < 4.78 is 0. The highest BCUT2D eigenvalue weighted by molar-refractivity contribution is 5.86. The van der Waals surface area contributed by atoms with Crippen LogP contribution in [0.3, 0.4) is 0 Å². The van der Waals surface area contributed by atoms with Gasteiger partial charge in [-0.1, -0.05) is 12.2 Å². The highest BCUT2D eigenvalue weighted by Gasteiger charge is 2.48. The van der Waals surface area contributed by atoms with Crippen molar-refractivity contribution in [1.82, 2.24) is 5.32 Å². The summed E-state index contributed by atoms with van der Waals surface area (Å²) in [5.74, 6) is -2.76. The molecule has 0 aromatic carbocycles. The van der Waals surface area contributed by atoms with Gasteiger partial charge in [0.25, 0.3) is 0 Å². The number of nitrogens with one attached hydrogen (secondary N) is 1. The molecule has 0 spiro atoms. The van der Waals surface area contributed by atoms with Crippen molar-refractivity contribution in [3.63, 3.8) is 0 Å². The first-order valence-electron chi connectivity index (χ1n) is 5.43. The van der Waals surface area contributed by atoms with E-state index in [4.69, 9.17) is 5.11 Å². The number of aliphatic carboxylic acids is 1. The number of rotatable bonds is 4. The van der Waals surface area contributed by atoms with E-state index >= 15 is 0 Å². The molecular formula is C11H14NO4-. The number of amides is 1. The van der Waals surface area contributed by atoms with E-state index in [0.717, 1.165) is 6.42 Å². The van der Waals surface area contributed by atoms with Crippen LogP contribution in [0, 0.1) is 23.7 Å². The normalized spacial score (nSPS) is 35.3. The minimum atomic E-state index is -1.15. The van der Waals surface area contributed by atoms with E-state index in [2.05, 4.69) is 5.32 Å². The topological polar surface area (TPSA) is 89.5 Å². The van der Waals surface area contributed by atoms with Crippen LogP contribution in [0.5, 0.6) is 0 Å². The zero-order valence-electron chi connectivity index (χ0n) is 8.76. The Labute approximate surface area is 93.1 Å². The summed E-state index contributed by atoms with van der Waals surface area (Å²) in [5, 5.41) is 22.1. The predicted octanol–water partition coefficient (Wildman–Crippen LogP) is -1.72. The number of carbonyl (C=O) groups is 2. The van der Waals surface area contributed by atoms with Gasteiger partial charge in [-0.15, -0.1) is 0 Å². The van der Waals surface area contributed by atoms with Gasteiger partial charge in [0.15, 0.2) is 0 Å². The highest BCUT2D eigenvalue weighted by Crippen LogP contribution is 2.47. The van der Waals surface area contributed by atoms with E-state index in [0.29, 0.717) is 0 Å². The van der Waals surface area contributed by atoms with Crippen molar-refractivity contribution >= 4 is 11.9 Å². The molecule has 1 fully saturated rings. The number of carboxylic acid groups (broad SMARTS) is 1. The van der Waals surface area contributed by atoms with Gasteiger partial charge in [-0.2, -0.15) is 0 Å². The Morgan fingerprint density at radius 2 is 1.94 bits per heavy atom. The molecule has 0 aliphatic heterocycles. The number of carbonyl (C=O) groups excluding carboxylic acids is 2. The lowest BCUT2D eigenvalue weighted by molar-refractivity contribution is -0.313. The molecule has 2 bridgehead atoms. The fourth-order valence-electron chi connectivity index (χ4n) is 2.80. The summed E-state index contributed by atoms with van der Waals surface area (Å²) in [6.07, 6.45) is 4.49. The molecule has 2 unspecified atom stereocenters. The van der Waals surface area contributed by atoms with Crippen molar-refractivity contribution in [2.24, 2.45) is 23.7 Å². The lowest BCUT2D eigenvalue weighted by Gasteiger charge is -2.27. The second kappa shape index (κ2) is 4.25. The van der Waals surface area contributed by atoms with Crippen LogP contribution in [0.25, 0.3) is 0 Å². The van der Waals surface area contributed by atoms with Crippen molar-refractivity contribution in [3.05, 3.63) is 12.2 Å². The van der Waals surface area contributed by atoms with Gasteiger partial charge in [-0.3, -0.25) is 4.79 Å². The predicted molar refractivity (Wildman–Crippen MR) is 52.8 cm³/mol. The maximum Gasteiger partial charge on any atom is 0.224 e. The van der Waals surface area contributed by atoms with Crippen LogP contribution in [0.4, 0.5) is 0 Å². The quantitative estimate of drug-likeness (QED) is 0.556. The first-order chi connectivity index (χ1) is 7.65. The Balaban J connectivity index is 2.10. The summed E-state index contributed by atoms with van der Waals surface area (Å²) in [5.41, 5.74) is 0. The number of hydrogen-bond donors (Lipinski definition) is 2. The molecule has 0 saturated heterocycles. The minimum Gasteiger partial charge on any atom is -0.550 e. The zero-order valence-corrected chi connectivity index (χ0v) is 8.76. The average molecular weight is 224 g/mol. The summed E-state index contributed by atoms with van der Waals surface area (Å²) >= 11 is 0. The Morgan fingerprint density at radius 3 is 2.50 bits per heavy atom. The lowest BCUT2D eigenvalue weighted by Crippen LogP contribution is -2.45. The number of carboxylic acids is 1. The Morgan fingerprint density at radius 1 is 1.31 bits per heavy atom. The van der Waals surface area contributed by atoms with E-state index in [1.54, 1.807) is 0 Å². The van der Waals surface area contributed by atoms with Gasteiger partial charge >= 0.3 is 0 Å². The molecule has 5 heteroatoms. The van der Waals surface area contributed by atoms with E-state index < -0.39 is 17.8 Å². The monoisotopic (exact) mass is 224 g/mol. The average Bonchev–Trinajstić information content (AvgIpc) is 2.84. The molecule has 2 aliphatic carbocycles. The van der Waals surface area contributed by atoms with Gasteiger partial charge in [0.2, 0.25) is 5.91 Å². The SMILES string of the molecule is O=C([O-])[C@@H]1C2C=CC(C2)[C@H]1C(=O)NCCO. The Bertz CT molecular complexity index is 339. The second-order valence-corrected chi connectivity index (χ2v) is 4.33. The van der Waals surface area contributed by atoms with Crippen LogP contribution in [0.15, 0.2) is 12.2 Å². The standard InChI is InChI=1S/C11H15NO4/c13-4-3-12-10(14)8-6-1-2-7(5-6)9(8)11(15)16/h1-2,6-9,13H,3-5H2,(H,12,14)(H,15,16)/p-1/t6?,7?,8-,9-/m1/s1. The van der Waals surface area contributed by atoms with Crippen LogP contribution in [-0.4, -0.2) is 30.1 Å². The van der Waals surface area contributed by atoms with Gasteiger partial charge in [0.05, 0.1) is 12.5 Å². The summed E-state index contributed by atoms with van der Waals surface area (Å²) in [7, 11) is 0. The summed E-state index contributed by atoms with van der Waals surface area (Å²) in [6.45, 7) is 0.0224. The molecule has 1 amide bonds. The summed E-state index contributed by atoms with van der Waals surface area (Å²) in [4.78, 5) is 22.8. The maximum absolute atomic E-state index is 11.8. The van der Waals surface area contributed by atoms with Gasteiger partial charge < -0.3 is 20.3 Å². The van der Waals surface area contributed by atoms with Crippen LogP contribution in [0.2, 0.25) is 0 Å². The molecule has 2 aliphatic rings. The van der Waals surface area contributed by atoms with Crippen molar-refractivity contribution in [2.75, 3.05) is 13.2 Å². The van der Waals surface area contributed by atoms with Crippen molar-refractivity contribution in [2.45, 2.75) is 6.42 Å². The molecule has 0 aromatic heterocycles. The zero-order chi connectivity index (χ0) is 11.7. The number of aliphatic hydroxyl groups is 1. The highest BCUT2D eigenvalue weighted by atomic mass is 16.4. The fourth-order valence-corrected chi connectivity index (χ4v) is 2.80. The number of aliphatic hydroxyl groups excluding tert-OH is 1. The van der Waals surface area contributed by atoms with Gasteiger partial charge in [0, 0.05) is 18.4 Å². The molecular weight excluding hydrogens is 210 g/mol. The molecule has 16 heavy (non-hydrogen) atoms. The maximum atomic E-state index is 11.8. The second-order valence-electron chi connectivity index (χ2n) is 4.33.